The van der Waals surface area contributed by atoms with Gasteiger partial charge < -0.3 is 19.9 Å². The number of hydrogen-bond donors (Lipinski definition) is 2. The molecule has 0 atom stereocenters. The molecule has 0 aliphatic carbocycles. The van der Waals surface area contributed by atoms with Gasteiger partial charge in [0.2, 0.25) is 0 Å². The summed E-state index contributed by atoms with van der Waals surface area (Å²) in [5, 5.41) is 12.6. The molecule has 0 aliphatic rings. The first kappa shape index (κ1) is 21.2. The Bertz CT molecular complexity index is 1010. The van der Waals surface area contributed by atoms with Crippen LogP contribution in [0.5, 0.6) is 11.5 Å². The number of ether oxygens (including phenoxy) is 2. The Labute approximate surface area is 177 Å². The molecule has 30 heavy (non-hydrogen) atoms. The van der Waals surface area contributed by atoms with E-state index in [-0.39, 0.29) is 0 Å². The monoisotopic (exact) mass is 405 g/mol. The van der Waals surface area contributed by atoms with Crippen molar-refractivity contribution >= 4 is 11.7 Å². The summed E-state index contributed by atoms with van der Waals surface area (Å²) in [7, 11) is 0. The summed E-state index contributed by atoms with van der Waals surface area (Å²) in [6.07, 6.45) is 0. The van der Waals surface area contributed by atoms with Gasteiger partial charge in [-0.15, -0.1) is 0 Å². The fraction of sp³-hybridized carbons (Fsp3) is 0.240. The van der Waals surface area contributed by atoms with Gasteiger partial charge in [-0.05, 0) is 61.7 Å². The minimum Gasteiger partial charge on any atom is -0.490 e. The van der Waals surface area contributed by atoms with Gasteiger partial charge in [0.25, 0.3) is 0 Å². The SMILES string of the molecule is CCOc1cc(CNc2cccc(C(=O)O)c2C)ccc1OCc1ccc(C)cc1. The lowest BCUT2D eigenvalue weighted by Gasteiger charge is -2.15. The van der Waals surface area contributed by atoms with E-state index in [2.05, 4.69) is 36.5 Å². The Hall–Kier alpha value is -3.47. The Balaban J connectivity index is 1.71. The van der Waals surface area contributed by atoms with Crippen LogP contribution in [0.1, 0.15) is 39.5 Å². The Morgan fingerprint density at radius 3 is 2.37 bits per heavy atom. The standard InChI is InChI=1S/C25H27NO4/c1-4-29-24-14-20(15-26-22-7-5-6-21(18(22)3)25(27)28)12-13-23(24)30-16-19-10-8-17(2)9-11-19/h5-14,26H,4,15-16H2,1-3H3,(H,27,28). The molecule has 0 radical (unpaired) electrons. The molecule has 0 heterocycles. The fourth-order valence-corrected chi connectivity index (χ4v) is 3.15. The number of nitrogens with one attached hydrogen (secondary N) is 1. The van der Waals surface area contributed by atoms with Crippen molar-refractivity contribution in [2.24, 2.45) is 0 Å². The molecule has 5 heteroatoms. The van der Waals surface area contributed by atoms with Crippen LogP contribution in [0.3, 0.4) is 0 Å². The molecule has 2 N–H and O–H groups in total. The van der Waals surface area contributed by atoms with E-state index >= 15 is 0 Å². The van der Waals surface area contributed by atoms with Crippen LogP contribution in [-0.2, 0) is 13.2 Å². The van der Waals surface area contributed by atoms with Crippen LogP contribution in [0.15, 0.2) is 60.7 Å². The molecular formula is C25H27NO4. The molecule has 0 aliphatic heterocycles. The predicted molar refractivity (Wildman–Crippen MR) is 119 cm³/mol. The summed E-state index contributed by atoms with van der Waals surface area (Å²) in [6.45, 7) is 7.36. The fourth-order valence-electron chi connectivity index (χ4n) is 3.15. The number of aryl methyl sites for hydroxylation is 1. The van der Waals surface area contributed by atoms with Crippen LogP contribution < -0.4 is 14.8 Å². The summed E-state index contributed by atoms with van der Waals surface area (Å²) in [4.78, 5) is 11.3. The molecular weight excluding hydrogens is 378 g/mol. The highest BCUT2D eigenvalue weighted by atomic mass is 16.5. The highest BCUT2D eigenvalue weighted by molar-refractivity contribution is 5.91. The van der Waals surface area contributed by atoms with Gasteiger partial charge in [-0.1, -0.05) is 42.0 Å². The number of aromatic carboxylic acids is 1. The van der Waals surface area contributed by atoms with E-state index < -0.39 is 5.97 Å². The molecule has 156 valence electrons. The lowest BCUT2D eigenvalue weighted by Crippen LogP contribution is -2.06. The van der Waals surface area contributed by atoms with Gasteiger partial charge in [0.1, 0.15) is 6.61 Å². The minimum absolute atomic E-state index is 0.301. The number of carboxylic acid groups (broad SMARTS) is 1. The van der Waals surface area contributed by atoms with E-state index in [1.165, 1.54) is 5.56 Å². The number of carboxylic acids is 1. The average molecular weight is 405 g/mol. The second-order valence-corrected chi connectivity index (χ2v) is 7.13. The number of hydrogen-bond acceptors (Lipinski definition) is 4. The lowest BCUT2D eigenvalue weighted by atomic mass is 10.1. The van der Waals surface area contributed by atoms with Crippen molar-refractivity contribution in [1.82, 2.24) is 0 Å². The van der Waals surface area contributed by atoms with Crippen LogP contribution in [0.4, 0.5) is 5.69 Å². The Kier molecular flexibility index (Phi) is 6.96. The van der Waals surface area contributed by atoms with E-state index in [1.54, 1.807) is 19.1 Å². The molecule has 0 amide bonds. The van der Waals surface area contributed by atoms with Crippen LogP contribution in [-0.4, -0.2) is 17.7 Å². The quantitative estimate of drug-likeness (QED) is 0.486. The summed E-state index contributed by atoms with van der Waals surface area (Å²) in [5.74, 6) is 0.468. The molecule has 0 aromatic heterocycles. The zero-order valence-corrected chi connectivity index (χ0v) is 17.6. The van der Waals surface area contributed by atoms with E-state index in [1.807, 2.05) is 31.2 Å². The van der Waals surface area contributed by atoms with E-state index in [4.69, 9.17) is 9.47 Å². The average Bonchev–Trinajstić information content (AvgIpc) is 2.73. The molecule has 3 aromatic rings. The van der Waals surface area contributed by atoms with Gasteiger partial charge in [0.15, 0.2) is 11.5 Å². The molecule has 0 spiro atoms. The zero-order chi connectivity index (χ0) is 21.5. The van der Waals surface area contributed by atoms with Crippen molar-refractivity contribution in [2.45, 2.75) is 33.9 Å². The van der Waals surface area contributed by atoms with Crippen molar-refractivity contribution in [2.75, 3.05) is 11.9 Å². The maximum Gasteiger partial charge on any atom is 0.336 e. The van der Waals surface area contributed by atoms with Crippen LogP contribution >= 0.6 is 0 Å². The third-order valence-electron chi connectivity index (χ3n) is 4.87. The van der Waals surface area contributed by atoms with Crippen molar-refractivity contribution in [1.29, 1.82) is 0 Å². The maximum absolute atomic E-state index is 11.3. The van der Waals surface area contributed by atoms with Crippen molar-refractivity contribution in [3.63, 3.8) is 0 Å². The van der Waals surface area contributed by atoms with E-state index in [0.29, 0.717) is 42.4 Å². The van der Waals surface area contributed by atoms with Crippen LogP contribution in [0, 0.1) is 13.8 Å². The third-order valence-corrected chi connectivity index (χ3v) is 4.87. The normalized spacial score (nSPS) is 10.5. The van der Waals surface area contributed by atoms with Crippen molar-refractivity contribution in [3.8, 4) is 11.5 Å². The number of benzene rings is 3. The zero-order valence-electron chi connectivity index (χ0n) is 17.6. The van der Waals surface area contributed by atoms with Gasteiger partial charge in [0.05, 0.1) is 12.2 Å². The third kappa shape index (κ3) is 5.32. The van der Waals surface area contributed by atoms with Gasteiger partial charge >= 0.3 is 5.97 Å². The van der Waals surface area contributed by atoms with Gasteiger partial charge in [-0.25, -0.2) is 4.79 Å². The van der Waals surface area contributed by atoms with Crippen molar-refractivity contribution < 1.29 is 19.4 Å². The van der Waals surface area contributed by atoms with Crippen LogP contribution in [0.25, 0.3) is 0 Å². The van der Waals surface area contributed by atoms with Gasteiger partial charge in [-0.3, -0.25) is 0 Å². The molecule has 0 fully saturated rings. The molecule has 0 saturated heterocycles. The smallest absolute Gasteiger partial charge is 0.336 e. The Morgan fingerprint density at radius 2 is 1.67 bits per heavy atom. The molecule has 0 saturated carbocycles. The highest BCUT2D eigenvalue weighted by Gasteiger charge is 2.11. The first-order valence-corrected chi connectivity index (χ1v) is 9.98. The summed E-state index contributed by atoms with van der Waals surface area (Å²) in [5.41, 5.74) is 5.15. The topological polar surface area (TPSA) is 67.8 Å². The minimum atomic E-state index is -0.926. The molecule has 5 nitrogen and oxygen atoms in total. The molecule has 3 rings (SSSR count). The van der Waals surface area contributed by atoms with Gasteiger partial charge in [0, 0.05) is 12.2 Å². The summed E-state index contributed by atoms with van der Waals surface area (Å²) < 4.78 is 11.8. The van der Waals surface area contributed by atoms with E-state index in [9.17, 15) is 9.90 Å². The van der Waals surface area contributed by atoms with Crippen molar-refractivity contribution in [3.05, 3.63) is 88.5 Å². The maximum atomic E-state index is 11.3. The largest absolute Gasteiger partial charge is 0.490 e. The van der Waals surface area contributed by atoms with E-state index in [0.717, 1.165) is 16.8 Å². The second-order valence-electron chi connectivity index (χ2n) is 7.13. The second kappa shape index (κ2) is 9.83. The van der Waals surface area contributed by atoms with Gasteiger partial charge in [-0.2, -0.15) is 0 Å². The number of anilines is 1. The predicted octanol–water partition coefficient (Wildman–Crippen LogP) is 5.59. The summed E-state index contributed by atoms with van der Waals surface area (Å²) >= 11 is 0. The molecule has 0 bridgehead atoms. The molecule has 0 unspecified atom stereocenters. The Morgan fingerprint density at radius 1 is 0.933 bits per heavy atom. The number of rotatable bonds is 9. The number of carbonyl (C=O) groups is 1. The summed E-state index contributed by atoms with van der Waals surface area (Å²) in [6, 6.07) is 19.3. The van der Waals surface area contributed by atoms with Crippen LogP contribution in [0.2, 0.25) is 0 Å². The highest BCUT2D eigenvalue weighted by Crippen LogP contribution is 2.30. The first-order chi connectivity index (χ1) is 14.5. The first-order valence-electron chi connectivity index (χ1n) is 9.98. The lowest BCUT2D eigenvalue weighted by molar-refractivity contribution is 0.0696. The molecule has 3 aromatic carbocycles.